The first-order valence-electron chi connectivity index (χ1n) is 5.75. The zero-order valence-corrected chi connectivity index (χ0v) is 12.0. The molecule has 100 valence electrons. The van der Waals surface area contributed by atoms with E-state index in [1.807, 2.05) is 24.3 Å². The van der Waals surface area contributed by atoms with E-state index < -0.39 is 0 Å². The van der Waals surface area contributed by atoms with Gasteiger partial charge in [-0.15, -0.1) is 0 Å². The molecule has 5 nitrogen and oxygen atoms in total. The molecule has 2 aromatic rings. The number of hydrogen-bond acceptors (Lipinski definition) is 4. The average Bonchev–Trinajstić information content (AvgIpc) is 2.36. The van der Waals surface area contributed by atoms with E-state index in [1.54, 1.807) is 7.11 Å². The standard InChI is InChI=1S/C13H14BrN3O2/c1-19-8-11-6-12(18)17-13(16-11)15-7-9-3-2-4-10(14)5-9/h2-6H,7-8H2,1H3,(H2,15,16,17,18). The van der Waals surface area contributed by atoms with Crippen molar-refractivity contribution in [2.24, 2.45) is 0 Å². The van der Waals surface area contributed by atoms with Crippen molar-refractivity contribution in [3.8, 4) is 0 Å². The maximum atomic E-state index is 11.5. The number of hydrogen-bond donors (Lipinski definition) is 2. The molecule has 0 spiro atoms. The summed E-state index contributed by atoms with van der Waals surface area (Å²) in [4.78, 5) is 18.4. The molecule has 1 aromatic carbocycles. The number of aromatic nitrogens is 2. The highest BCUT2D eigenvalue weighted by Gasteiger charge is 2.01. The van der Waals surface area contributed by atoms with Gasteiger partial charge in [-0.2, -0.15) is 0 Å². The first-order chi connectivity index (χ1) is 9.17. The Hall–Kier alpha value is -1.66. The predicted octanol–water partition coefficient (Wildman–Crippen LogP) is 2.29. The van der Waals surface area contributed by atoms with Gasteiger partial charge in [0.25, 0.3) is 5.56 Å². The van der Waals surface area contributed by atoms with Crippen molar-refractivity contribution in [1.82, 2.24) is 9.97 Å². The molecule has 0 fully saturated rings. The van der Waals surface area contributed by atoms with Crippen LogP contribution in [0, 0.1) is 0 Å². The molecule has 0 aliphatic heterocycles. The molecule has 0 saturated carbocycles. The third-order valence-electron chi connectivity index (χ3n) is 2.44. The molecular weight excluding hydrogens is 310 g/mol. The summed E-state index contributed by atoms with van der Waals surface area (Å²) in [6.07, 6.45) is 0. The number of H-pyrrole nitrogens is 1. The Labute approximate surface area is 119 Å². The Morgan fingerprint density at radius 1 is 1.42 bits per heavy atom. The number of halogens is 1. The number of anilines is 1. The van der Waals surface area contributed by atoms with Crippen LogP contribution < -0.4 is 10.9 Å². The molecule has 0 radical (unpaired) electrons. The fourth-order valence-corrected chi connectivity index (χ4v) is 2.09. The van der Waals surface area contributed by atoms with Crippen LogP contribution in [0.15, 0.2) is 39.6 Å². The van der Waals surface area contributed by atoms with Gasteiger partial charge in [0.2, 0.25) is 5.95 Å². The van der Waals surface area contributed by atoms with Crippen molar-refractivity contribution in [2.75, 3.05) is 12.4 Å². The van der Waals surface area contributed by atoms with Crippen molar-refractivity contribution in [1.29, 1.82) is 0 Å². The van der Waals surface area contributed by atoms with Gasteiger partial charge in [-0.1, -0.05) is 28.1 Å². The molecule has 2 N–H and O–H groups in total. The second-order valence-corrected chi connectivity index (χ2v) is 4.92. The van der Waals surface area contributed by atoms with Gasteiger partial charge in [0.05, 0.1) is 12.3 Å². The van der Waals surface area contributed by atoms with Crippen LogP contribution in [0.3, 0.4) is 0 Å². The Kier molecular flexibility index (Phi) is 4.70. The third-order valence-corrected chi connectivity index (χ3v) is 2.93. The normalized spacial score (nSPS) is 10.4. The van der Waals surface area contributed by atoms with Gasteiger partial charge in [0, 0.05) is 24.2 Å². The molecule has 6 heteroatoms. The van der Waals surface area contributed by atoms with Crippen LogP contribution in [0.4, 0.5) is 5.95 Å². The Balaban J connectivity index is 2.09. The summed E-state index contributed by atoms with van der Waals surface area (Å²) in [5.41, 5.74) is 1.50. The van der Waals surface area contributed by atoms with Gasteiger partial charge in [-0.25, -0.2) is 4.98 Å². The number of methoxy groups -OCH3 is 1. The summed E-state index contributed by atoms with van der Waals surface area (Å²) in [6, 6.07) is 9.34. The quantitative estimate of drug-likeness (QED) is 0.886. The van der Waals surface area contributed by atoms with Gasteiger partial charge in [0.1, 0.15) is 0 Å². The number of nitrogens with one attached hydrogen (secondary N) is 2. The molecule has 0 atom stereocenters. The SMILES string of the molecule is COCc1cc(=O)[nH]c(NCc2cccc(Br)c2)n1. The van der Waals surface area contributed by atoms with Crippen molar-refractivity contribution in [2.45, 2.75) is 13.2 Å². The van der Waals surface area contributed by atoms with E-state index in [4.69, 9.17) is 4.74 Å². The van der Waals surface area contributed by atoms with Crippen molar-refractivity contribution in [3.05, 3.63) is 56.4 Å². The monoisotopic (exact) mass is 323 g/mol. The summed E-state index contributed by atoms with van der Waals surface area (Å²) in [5, 5.41) is 3.08. The molecule has 19 heavy (non-hydrogen) atoms. The second-order valence-electron chi connectivity index (χ2n) is 4.00. The molecule has 2 rings (SSSR count). The molecule has 1 heterocycles. The molecule has 0 bridgehead atoms. The molecule has 0 saturated heterocycles. The van der Waals surface area contributed by atoms with Crippen LogP contribution in [-0.2, 0) is 17.9 Å². The van der Waals surface area contributed by atoms with E-state index in [0.717, 1.165) is 10.0 Å². The first-order valence-corrected chi connectivity index (χ1v) is 6.54. The van der Waals surface area contributed by atoms with Crippen molar-refractivity contribution < 1.29 is 4.74 Å². The van der Waals surface area contributed by atoms with Crippen LogP contribution in [0.25, 0.3) is 0 Å². The lowest BCUT2D eigenvalue weighted by molar-refractivity contribution is 0.181. The lowest BCUT2D eigenvalue weighted by Gasteiger charge is -2.07. The summed E-state index contributed by atoms with van der Waals surface area (Å²) in [6.45, 7) is 0.897. The summed E-state index contributed by atoms with van der Waals surface area (Å²) >= 11 is 3.41. The van der Waals surface area contributed by atoms with E-state index in [-0.39, 0.29) is 5.56 Å². The third kappa shape index (κ3) is 4.18. The fourth-order valence-electron chi connectivity index (χ4n) is 1.65. The highest BCUT2D eigenvalue weighted by Crippen LogP contribution is 2.12. The molecule has 0 amide bonds. The fraction of sp³-hybridized carbons (Fsp3) is 0.231. The Morgan fingerprint density at radius 3 is 3.00 bits per heavy atom. The Morgan fingerprint density at radius 2 is 2.26 bits per heavy atom. The Bertz CT molecular complexity index is 613. The predicted molar refractivity (Wildman–Crippen MR) is 77.0 cm³/mol. The topological polar surface area (TPSA) is 67.0 Å². The zero-order valence-electron chi connectivity index (χ0n) is 10.4. The number of rotatable bonds is 5. The molecule has 0 unspecified atom stereocenters. The summed E-state index contributed by atoms with van der Waals surface area (Å²) < 4.78 is 5.98. The van der Waals surface area contributed by atoms with E-state index in [2.05, 4.69) is 31.2 Å². The van der Waals surface area contributed by atoms with E-state index >= 15 is 0 Å². The summed E-state index contributed by atoms with van der Waals surface area (Å²) in [7, 11) is 1.57. The highest BCUT2D eigenvalue weighted by molar-refractivity contribution is 9.10. The molecule has 1 aromatic heterocycles. The van der Waals surface area contributed by atoms with Gasteiger partial charge < -0.3 is 10.1 Å². The zero-order chi connectivity index (χ0) is 13.7. The van der Waals surface area contributed by atoms with Crippen molar-refractivity contribution in [3.63, 3.8) is 0 Å². The second kappa shape index (κ2) is 6.49. The summed E-state index contributed by atoms with van der Waals surface area (Å²) in [5.74, 6) is 0.444. The van der Waals surface area contributed by atoms with Gasteiger partial charge in [-0.05, 0) is 17.7 Å². The minimum atomic E-state index is -0.196. The highest BCUT2D eigenvalue weighted by atomic mass is 79.9. The number of aromatic amines is 1. The largest absolute Gasteiger partial charge is 0.378 e. The van der Waals surface area contributed by atoms with E-state index in [9.17, 15) is 4.79 Å². The van der Waals surface area contributed by atoms with Crippen LogP contribution in [-0.4, -0.2) is 17.1 Å². The van der Waals surface area contributed by atoms with Crippen molar-refractivity contribution >= 4 is 21.9 Å². The average molecular weight is 324 g/mol. The maximum Gasteiger partial charge on any atom is 0.252 e. The van der Waals surface area contributed by atoms with Crippen LogP contribution in [0.5, 0.6) is 0 Å². The van der Waals surface area contributed by atoms with Gasteiger partial charge in [-0.3, -0.25) is 9.78 Å². The molecule has 0 aliphatic rings. The minimum absolute atomic E-state index is 0.196. The minimum Gasteiger partial charge on any atom is -0.378 e. The molecule has 0 aliphatic carbocycles. The smallest absolute Gasteiger partial charge is 0.252 e. The van der Waals surface area contributed by atoms with Gasteiger partial charge >= 0.3 is 0 Å². The van der Waals surface area contributed by atoms with Crippen LogP contribution in [0.2, 0.25) is 0 Å². The van der Waals surface area contributed by atoms with Gasteiger partial charge in [0.15, 0.2) is 0 Å². The van der Waals surface area contributed by atoms with E-state index in [1.165, 1.54) is 6.07 Å². The number of ether oxygens (including phenoxy) is 1. The van der Waals surface area contributed by atoms with Crippen LogP contribution in [0.1, 0.15) is 11.3 Å². The number of nitrogens with zero attached hydrogens (tertiary/aromatic N) is 1. The number of benzene rings is 1. The first kappa shape index (κ1) is 13.8. The lowest BCUT2D eigenvalue weighted by atomic mass is 10.2. The maximum absolute atomic E-state index is 11.5. The lowest BCUT2D eigenvalue weighted by Crippen LogP contribution is -2.14. The molecular formula is C13H14BrN3O2. The van der Waals surface area contributed by atoms with Crippen LogP contribution >= 0.6 is 15.9 Å². The van der Waals surface area contributed by atoms with E-state index in [0.29, 0.717) is 24.8 Å².